The van der Waals surface area contributed by atoms with Crippen molar-refractivity contribution in [2.24, 2.45) is 5.92 Å². The Morgan fingerprint density at radius 2 is 2.04 bits per heavy atom. The number of phenolic OH excluding ortho intramolecular Hbond substituents is 1. The summed E-state index contributed by atoms with van der Waals surface area (Å²) in [4.78, 5) is 14.5. The molecule has 0 bridgehead atoms. The highest BCUT2D eigenvalue weighted by molar-refractivity contribution is 5.94. The molecule has 1 aliphatic rings. The minimum absolute atomic E-state index is 0.116. The van der Waals surface area contributed by atoms with Gasteiger partial charge in [0.15, 0.2) is 0 Å². The Hall–Kier alpha value is -2.59. The number of nitrogens with one attached hydrogen (secondary N) is 1. The number of hydrogen-bond acceptors (Lipinski definition) is 3. The van der Waals surface area contributed by atoms with E-state index in [2.05, 4.69) is 34.5 Å². The summed E-state index contributed by atoms with van der Waals surface area (Å²) in [5.41, 5.74) is 1.72. The zero-order valence-electron chi connectivity index (χ0n) is 14.3. The molecule has 2 N–H and O–H groups in total. The first kappa shape index (κ1) is 17.2. The third-order valence-corrected chi connectivity index (χ3v) is 4.50. The average Bonchev–Trinajstić information content (AvgIpc) is 3.08. The van der Waals surface area contributed by atoms with E-state index in [-0.39, 0.29) is 11.7 Å². The van der Waals surface area contributed by atoms with Crippen LogP contribution in [-0.4, -0.2) is 42.1 Å². The maximum absolute atomic E-state index is 12.1. The van der Waals surface area contributed by atoms with E-state index in [4.69, 9.17) is 0 Å². The van der Waals surface area contributed by atoms with E-state index < -0.39 is 0 Å². The van der Waals surface area contributed by atoms with E-state index >= 15 is 0 Å². The summed E-state index contributed by atoms with van der Waals surface area (Å²) in [5, 5.41) is 12.4. The van der Waals surface area contributed by atoms with E-state index in [0.29, 0.717) is 18.0 Å². The second-order valence-electron chi connectivity index (χ2n) is 6.49. The lowest BCUT2D eigenvalue weighted by molar-refractivity contribution is 0.0947. The first-order chi connectivity index (χ1) is 12.2. The predicted molar refractivity (Wildman–Crippen MR) is 100 cm³/mol. The van der Waals surface area contributed by atoms with E-state index in [1.54, 1.807) is 18.2 Å². The fourth-order valence-electron chi connectivity index (χ4n) is 3.13. The van der Waals surface area contributed by atoms with E-state index in [1.165, 1.54) is 11.6 Å². The van der Waals surface area contributed by atoms with Gasteiger partial charge in [-0.2, -0.15) is 0 Å². The molecule has 1 aliphatic heterocycles. The number of benzene rings is 2. The molecule has 0 aliphatic carbocycles. The average molecular weight is 336 g/mol. The fraction of sp³-hybridized carbons (Fsp3) is 0.286. The molecule has 0 spiro atoms. The minimum atomic E-state index is -0.127. The van der Waals surface area contributed by atoms with Crippen molar-refractivity contribution in [1.29, 1.82) is 0 Å². The fourth-order valence-corrected chi connectivity index (χ4v) is 3.13. The summed E-state index contributed by atoms with van der Waals surface area (Å²) in [6, 6.07) is 16.7. The normalized spacial score (nSPS) is 17.8. The number of likely N-dealkylation sites (tertiary alicyclic amines) is 1. The second kappa shape index (κ2) is 8.49. The Kier molecular flexibility index (Phi) is 5.86. The molecular formula is C21H24N2O2. The van der Waals surface area contributed by atoms with Crippen LogP contribution < -0.4 is 5.32 Å². The molecule has 25 heavy (non-hydrogen) atoms. The number of nitrogens with zero attached hydrogens (tertiary/aromatic N) is 1. The van der Waals surface area contributed by atoms with Crippen LogP contribution in [0.25, 0.3) is 6.08 Å². The Labute approximate surface area is 148 Å². The van der Waals surface area contributed by atoms with Crippen molar-refractivity contribution in [3.63, 3.8) is 0 Å². The predicted octanol–water partition coefficient (Wildman–Crippen LogP) is 3.16. The maximum atomic E-state index is 12.1. The van der Waals surface area contributed by atoms with E-state index in [1.807, 2.05) is 18.2 Å². The molecule has 1 amide bonds. The minimum Gasteiger partial charge on any atom is -0.508 e. The zero-order chi connectivity index (χ0) is 17.5. The highest BCUT2D eigenvalue weighted by Gasteiger charge is 2.22. The summed E-state index contributed by atoms with van der Waals surface area (Å²) in [7, 11) is 0. The second-order valence-corrected chi connectivity index (χ2v) is 6.49. The van der Waals surface area contributed by atoms with Crippen LogP contribution in [0.5, 0.6) is 5.75 Å². The number of amides is 1. The van der Waals surface area contributed by atoms with Gasteiger partial charge in [0.2, 0.25) is 0 Å². The van der Waals surface area contributed by atoms with Crippen LogP contribution in [0.4, 0.5) is 0 Å². The summed E-state index contributed by atoms with van der Waals surface area (Å²) >= 11 is 0. The summed E-state index contributed by atoms with van der Waals surface area (Å²) < 4.78 is 0. The van der Waals surface area contributed by atoms with Gasteiger partial charge in [-0.15, -0.1) is 0 Å². The Morgan fingerprint density at radius 3 is 2.84 bits per heavy atom. The lowest BCUT2D eigenvalue weighted by Crippen LogP contribution is -2.31. The number of carbonyl (C=O) groups is 1. The Balaban J connectivity index is 1.41. The van der Waals surface area contributed by atoms with Gasteiger partial charge in [-0.1, -0.05) is 48.6 Å². The van der Waals surface area contributed by atoms with Crippen molar-refractivity contribution >= 4 is 12.0 Å². The van der Waals surface area contributed by atoms with Crippen LogP contribution in [-0.2, 0) is 0 Å². The molecule has 2 aromatic rings. The van der Waals surface area contributed by atoms with Crippen LogP contribution in [0.2, 0.25) is 0 Å². The summed E-state index contributed by atoms with van der Waals surface area (Å²) in [5.74, 6) is 0.467. The van der Waals surface area contributed by atoms with Gasteiger partial charge in [-0.25, -0.2) is 0 Å². The van der Waals surface area contributed by atoms with Gasteiger partial charge in [0.1, 0.15) is 5.75 Å². The maximum Gasteiger partial charge on any atom is 0.251 e. The molecule has 130 valence electrons. The molecule has 1 atom stereocenters. The number of hydrogen-bond donors (Lipinski definition) is 2. The molecule has 1 saturated heterocycles. The van der Waals surface area contributed by atoms with Crippen LogP contribution in [0, 0.1) is 5.92 Å². The molecule has 0 radical (unpaired) electrons. The van der Waals surface area contributed by atoms with Crippen molar-refractivity contribution < 1.29 is 9.90 Å². The first-order valence-electron chi connectivity index (χ1n) is 8.72. The van der Waals surface area contributed by atoms with Gasteiger partial charge < -0.3 is 10.4 Å². The first-order valence-corrected chi connectivity index (χ1v) is 8.72. The standard InChI is InChI=1S/C21H24N2O2/c24-20-10-4-9-19(14-20)21(25)22-15-18-11-13-23(16-18)12-5-8-17-6-2-1-3-7-17/h1-10,14,18,24H,11-13,15-16H2,(H,22,25)/b8-5+/t18-/m0/s1. The van der Waals surface area contributed by atoms with Crippen molar-refractivity contribution in [1.82, 2.24) is 10.2 Å². The number of carbonyl (C=O) groups excluding carboxylic acids is 1. The molecule has 0 unspecified atom stereocenters. The molecule has 4 heteroatoms. The molecular weight excluding hydrogens is 312 g/mol. The Morgan fingerprint density at radius 1 is 1.20 bits per heavy atom. The van der Waals surface area contributed by atoms with Gasteiger partial charge in [0.25, 0.3) is 5.91 Å². The smallest absolute Gasteiger partial charge is 0.251 e. The van der Waals surface area contributed by atoms with Gasteiger partial charge in [-0.3, -0.25) is 9.69 Å². The van der Waals surface area contributed by atoms with E-state index in [0.717, 1.165) is 26.1 Å². The van der Waals surface area contributed by atoms with Gasteiger partial charge in [-0.05, 0) is 42.6 Å². The molecule has 1 heterocycles. The quantitative estimate of drug-likeness (QED) is 0.852. The van der Waals surface area contributed by atoms with Crippen molar-refractivity contribution in [2.75, 3.05) is 26.2 Å². The summed E-state index contributed by atoms with van der Waals surface area (Å²) in [6.45, 7) is 3.67. The largest absolute Gasteiger partial charge is 0.508 e. The molecule has 2 aromatic carbocycles. The molecule has 0 aromatic heterocycles. The summed E-state index contributed by atoms with van der Waals surface area (Å²) in [6.07, 6.45) is 5.44. The number of phenols is 1. The number of aromatic hydroxyl groups is 1. The zero-order valence-corrected chi connectivity index (χ0v) is 14.3. The third-order valence-electron chi connectivity index (χ3n) is 4.50. The van der Waals surface area contributed by atoms with Crippen LogP contribution in [0.15, 0.2) is 60.7 Å². The highest BCUT2D eigenvalue weighted by atomic mass is 16.3. The van der Waals surface area contributed by atoms with E-state index in [9.17, 15) is 9.90 Å². The van der Waals surface area contributed by atoms with Gasteiger partial charge in [0.05, 0.1) is 0 Å². The molecule has 4 nitrogen and oxygen atoms in total. The lowest BCUT2D eigenvalue weighted by Gasteiger charge is -2.14. The van der Waals surface area contributed by atoms with Gasteiger partial charge in [0, 0.05) is 25.2 Å². The van der Waals surface area contributed by atoms with Crippen LogP contribution in [0.1, 0.15) is 22.3 Å². The monoisotopic (exact) mass is 336 g/mol. The topological polar surface area (TPSA) is 52.6 Å². The van der Waals surface area contributed by atoms with Crippen LogP contribution in [0.3, 0.4) is 0 Å². The molecule has 0 saturated carbocycles. The molecule has 3 rings (SSSR count). The van der Waals surface area contributed by atoms with Crippen molar-refractivity contribution in [3.05, 3.63) is 71.8 Å². The highest BCUT2D eigenvalue weighted by Crippen LogP contribution is 2.16. The van der Waals surface area contributed by atoms with Crippen molar-refractivity contribution in [2.45, 2.75) is 6.42 Å². The molecule has 1 fully saturated rings. The van der Waals surface area contributed by atoms with Crippen LogP contribution >= 0.6 is 0 Å². The van der Waals surface area contributed by atoms with Gasteiger partial charge >= 0.3 is 0 Å². The third kappa shape index (κ3) is 5.19. The van der Waals surface area contributed by atoms with Crippen molar-refractivity contribution in [3.8, 4) is 5.75 Å². The number of rotatable bonds is 6. The Bertz CT molecular complexity index is 728. The SMILES string of the molecule is O=C(NC[C@@H]1CCN(C/C=C/c2ccccc2)C1)c1cccc(O)c1. The lowest BCUT2D eigenvalue weighted by atomic mass is 10.1.